The second kappa shape index (κ2) is 6.44. The van der Waals surface area contributed by atoms with E-state index in [0.717, 1.165) is 19.4 Å². The third-order valence-electron chi connectivity index (χ3n) is 2.66. The largest absolute Gasteiger partial charge is 0.453 e. The minimum Gasteiger partial charge on any atom is -0.453 e. The van der Waals surface area contributed by atoms with Crippen molar-refractivity contribution in [3.8, 4) is 0 Å². The van der Waals surface area contributed by atoms with Crippen molar-refractivity contribution in [3.63, 3.8) is 0 Å². The number of imide groups is 1. The summed E-state index contributed by atoms with van der Waals surface area (Å²) in [6.07, 6.45) is 1.23. The highest BCUT2D eigenvalue weighted by atomic mass is 16.5. The van der Waals surface area contributed by atoms with Gasteiger partial charge in [0.25, 0.3) is 0 Å². The Morgan fingerprint density at radius 2 is 2.31 bits per heavy atom. The average Bonchev–Trinajstić information content (AvgIpc) is 2.28. The van der Waals surface area contributed by atoms with Crippen LogP contribution >= 0.6 is 0 Å². The lowest BCUT2D eigenvalue weighted by molar-refractivity contribution is -0.122. The van der Waals surface area contributed by atoms with Crippen LogP contribution in [0.15, 0.2) is 0 Å². The summed E-state index contributed by atoms with van der Waals surface area (Å²) in [5.74, 6) is -0.134. The molecule has 1 atom stereocenters. The fourth-order valence-corrected chi connectivity index (χ4v) is 1.85. The van der Waals surface area contributed by atoms with Gasteiger partial charge in [0.05, 0.1) is 13.7 Å². The molecule has 0 spiro atoms. The average molecular weight is 230 g/mol. The predicted octanol–water partition coefficient (Wildman–Crippen LogP) is -0.427. The molecule has 1 fully saturated rings. The number of hydrogen-bond donors (Lipinski definition) is 2. The molecule has 0 aromatic heterocycles. The molecule has 16 heavy (non-hydrogen) atoms. The maximum atomic E-state index is 11.4. The normalized spacial score (nSPS) is 21.5. The number of carbonyl (C=O) groups is 2. The van der Waals surface area contributed by atoms with Gasteiger partial charge in [0, 0.05) is 13.2 Å². The molecule has 1 saturated heterocycles. The van der Waals surface area contributed by atoms with Crippen molar-refractivity contribution < 1.29 is 19.4 Å². The van der Waals surface area contributed by atoms with Gasteiger partial charge in [-0.1, -0.05) is 0 Å². The Balaban J connectivity index is 2.30. The molecule has 1 aliphatic heterocycles. The summed E-state index contributed by atoms with van der Waals surface area (Å²) < 4.78 is 4.32. The van der Waals surface area contributed by atoms with Crippen LogP contribution in [0.1, 0.15) is 12.8 Å². The van der Waals surface area contributed by atoms with E-state index in [9.17, 15) is 9.59 Å². The highest BCUT2D eigenvalue weighted by Crippen LogP contribution is 2.14. The Morgan fingerprint density at radius 3 is 2.94 bits per heavy atom. The van der Waals surface area contributed by atoms with E-state index in [2.05, 4.69) is 10.1 Å². The molecule has 0 bridgehead atoms. The van der Waals surface area contributed by atoms with Crippen LogP contribution in [0.25, 0.3) is 0 Å². The standard InChI is InChI=1S/C10H18N2O4/c1-16-10(15)11-9(14)6-12-4-2-3-8(5-12)7-13/h8,13H,2-7H2,1H3,(H,11,14,15). The van der Waals surface area contributed by atoms with E-state index in [-0.39, 0.29) is 25.0 Å². The number of ether oxygens (including phenoxy) is 1. The fourth-order valence-electron chi connectivity index (χ4n) is 1.85. The van der Waals surface area contributed by atoms with Crippen molar-refractivity contribution in [1.29, 1.82) is 0 Å². The van der Waals surface area contributed by atoms with E-state index < -0.39 is 6.09 Å². The third-order valence-corrected chi connectivity index (χ3v) is 2.66. The molecular formula is C10H18N2O4. The first-order chi connectivity index (χ1) is 7.65. The molecule has 92 valence electrons. The highest BCUT2D eigenvalue weighted by molar-refractivity contribution is 5.92. The molecule has 2 amide bonds. The van der Waals surface area contributed by atoms with Crippen LogP contribution in [0.2, 0.25) is 0 Å². The van der Waals surface area contributed by atoms with E-state index in [1.165, 1.54) is 7.11 Å². The maximum Gasteiger partial charge on any atom is 0.413 e. The number of rotatable bonds is 3. The zero-order valence-electron chi connectivity index (χ0n) is 9.44. The Bertz CT molecular complexity index is 257. The minimum absolute atomic E-state index is 0.148. The number of carbonyl (C=O) groups excluding carboxylic acids is 2. The molecule has 1 unspecified atom stereocenters. The molecule has 0 aliphatic carbocycles. The number of amides is 2. The Hall–Kier alpha value is -1.14. The van der Waals surface area contributed by atoms with Crippen molar-refractivity contribution in [1.82, 2.24) is 10.2 Å². The van der Waals surface area contributed by atoms with Crippen LogP contribution in [0.5, 0.6) is 0 Å². The summed E-state index contributed by atoms with van der Waals surface area (Å²) in [4.78, 5) is 24.1. The maximum absolute atomic E-state index is 11.4. The van der Waals surface area contributed by atoms with Crippen molar-refractivity contribution in [3.05, 3.63) is 0 Å². The van der Waals surface area contributed by atoms with Gasteiger partial charge in [-0.05, 0) is 25.3 Å². The lowest BCUT2D eigenvalue weighted by Gasteiger charge is -2.30. The number of hydrogen-bond acceptors (Lipinski definition) is 5. The molecule has 1 heterocycles. The third kappa shape index (κ3) is 4.16. The fraction of sp³-hybridized carbons (Fsp3) is 0.800. The molecule has 0 aromatic rings. The smallest absolute Gasteiger partial charge is 0.413 e. The summed E-state index contributed by atoms with van der Waals surface area (Å²) in [7, 11) is 1.21. The topological polar surface area (TPSA) is 78.9 Å². The van der Waals surface area contributed by atoms with Gasteiger partial charge < -0.3 is 9.84 Å². The lowest BCUT2D eigenvalue weighted by Crippen LogP contribution is -2.44. The zero-order chi connectivity index (χ0) is 12.0. The number of nitrogens with one attached hydrogen (secondary N) is 1. The van der Waals surface area contributed by atoms with E-state index >= 15 is 0 Å². The summed E-state index contributed by atoms with van der Waals surface area (Å²) in [5.41, 5.74) is 0. The molecule has 2 N–H and O–H groups in total. The monoisotopic (exact) mass is 230 g/mol. The SMILES string of the molecule is COC(=O)NC(=O)CN1CCCC(CO)C1. The number of likely N-dealkylation sites (tertiary alicyclic amines) is 1. The van der Waals surface area contributed by atoms with Crippen LogP contribution in [0.3, 0.4) is 0 Å². The van der Waals surface area contributed by atoms with Crippen LogP contribution in [-0.2, 0) is 9.53 Å². The van der Waals surface area contributed by atoms with Gasteiger partial charge in [-0.2, -0.15) is 0 Å². The van der Waals surface area contributed by atoms with Crippen LogP contribution in [0, 0.1) is 5.92 Å². The number of methoxy groups -OCH3 is 1. The van der Waals surface area contributed by atoms with Gasteiger partial charge in [-0.25, -0.2) is 4.79 Å². The van der Waals surface area contributed by atoms with Gasteiger partial charge in [0.15, 0.2) is 0 Å². The van der Waals surface area contributed by atoms with Crippen LogP contribution in [0.4, 0.5) is 4.79 Å². The van der Waals surface area contributed by atoms with Gasteiger partial charge in [-0.3, -0.25) is 15.0 Å². The van der Waals surface area contributed by atoms with Gasteiger partial charge >= 0.3 is 6.09 Å². The van der Waals surface area contributed by atoms with E-state index in [4.69, 9.17) is 5.11 Å². The number of piperidine rings is 1. The van der Waals surface area contributed by atoms with E-state index in [1.54, 1.807) is 0 Å². The second-order valence-electron chi connectivity index (χ2n) is 3.97. The molecule has 6 heteroatoms. The van der Waals surface area contributed by atoms with Crippen LogP contribution < -0.4 is 5.32 Å². The summed E-state index contributed by atoms with van der Waals surface area (Å²) in [6.45, 7) is 1.84. The molecule has 0 radical (unpaired) electrons. The van der Waals surface area contributed by atoms with Crippen molar-refractivity contribution in [2.75, 3.05) is 33.4 Å². The van der Waals surface area contributed by atoms with Crippen molar-refractivity contribution in [2.45, 2.75) is 12.8 Å². The molecule has 1 rings (SSSR count). The minimum atomic E-state index is -0.735. The highest BCUT2D eigenvalue weighted by Gasteiger charge is 2.21. The Kier molecular flexibility index (Phi) is 5.21. The van der Waals surface area contributed by atoms with Crippen molar-refractivity contribution >= 4 is 12.0 Å². The number of alkyl carbamates (subject to hydrolysis) is 1. The summed E-state index contributed by atoms with van der Waals surface area (Å²) >= 11 is 0. The Labute approximate surface area is 94.6 Å². The van der Waals surface area contributed by atoms with Crippen LogP contribution in [-0.4, -0.2) is 55.4 Å². The first kappa shape index (κ1) is 12.9. The molecule has 0 aromatic carbocycles. The molecule has 6 nitrogen and oxygen atoms in total. The predicted molar refractivity (Wildman–Crippen MR) is 56.8 cm³/mol. The lowest BCUT2D eigenvalue weighted by atomic mass is 9.99. The first-order valence-electron chi connectivity index (χ1n) is 5.36. The zero-order valence-corrected chi connectivity index (χ0v) is 9.44. The second-order valence-corrected chi connectivity index (χ2v) is 3.97. The van der Waals surface area contributed by atoms with Gasteiger partial charge in [0.2, 0.25) is 5.91 Å². The summed E-state index contributed by atoms with van der Waals surface area (Å²) in [5, 5.41) is 11.1. The number of aliphatic hydroxyl groups excluding tert-OH is 1. The van der Waals surface area contributed by atoms with E-state index in [1.807, 2.05) is 4.90 Å². The van der Waals surface area contributed by atoms with Gasteiger partial charge in [-0.15, -0.1) is 0 Å². The van der Waals surface area contributed by atoms with E-state index in [0.29, 0.717) is 6.54 Å². The van der Waals surface area contributed by atoms with Gasteiger partial charge in [0.1, 0.15) is 0 Å². The number of nitrogens with zero attached hydrogens (tertiary/aromatic N) is 1. The molecular weight excluding hydrogens is 212 g/mol. The quantitative estimate of drug-likeness (QED) is 0.688. The first-order valence-corrected chi connectivity index (χ1v) is 5.36. The number of aliphatic hydroxyl groups is 1. The summed E-state index contributed by atoms with van der Waals surface area (Å²) in [6, 6.07) is 0. The molecule has 1 aliphatic rings. The molecule has 0 saturated carbocycles. The Morgan fingerprint density at radius 1 is 1.56 bits per heavy atom. The van der Waals surface area contributed by atoms with Crippen molar-refractivity contribution in [2.24, 2.45) is 5.92 Å².